The van der Waals surface area contributed by atoms with Crippen LogP contribution in [0.2, 0.25) is 0 Å². The SMILES string of the molecule is COCCNCC(=O)N1CCN(c2ccccn2)CC1. The molecule has 1 saturated heterocycles. The van der Waals surface area contributed by atoms with Crippen molar-refractivity contribution >= 4 is 11.7 Å². The van der Waals surface area contributed by atoms with Gasteiger partial charge in [-0.05, 0) is 12.1 Å². The highest BCUT2D eigenvalue weighted by Gasteiger charge is 2.21. The molecule has 1 aromatic rings. The van der Waals surface area contributed by atoms with Crippen molar-refractivity contribution in [2.24, 2.45) is 0 Å². The average molecular weight is 278 g/mol. The summed E-state index contributed by atoms with van der Waals surface area (Å²) in [5.41, 5.74) is 0. The van der Waals surface area contributed by atoms with Crippen LogP contribution in [-0.4, -0.2) is 68.8 Å². The third-order valence-corrected chi connectivity index (χ3v) is 3.36. The predicted molar refractivity (Wildman–Crippen MR) is 77.8 cm³/mol. The Kier molecular flexibility index (Phi) is 5.76. The molecule has 0 unspecified atom stereocenters. The smallest absolute Gasteiger partial charge is 0.236 e. The minimum Gasteiger partial charge on any atom is -0.383 e. The van der Waals surface area contributed by atoms with E-state index >= 15 is 0 Å². The molecular formula is C14H22N4O2. The zero-order valence-electron chi connectivity index (χ0n) is 11.9. The number of amides is 1. The molecule has 2 rings (SSSR count). The van der Waals surface area contributed by atoms with Gasteiger partial charge in [-0.25, -0.2) is 4.98 Å². The highest BCUT2D eigenvalue weighted by Crippen LogP contribution is 2.12. The lowest BCUT2D eigenvalue weighted by atomic mass is 10.3. The van der Waals surface area contributed by atoms with E-state index in [1.165, 1.54) is 0 Å². The van der Waals surface area contributed by atoms with Gasteiger partial charge in [0.2, 0.25) is 5.91 Å². The number of pyridine rings is 1. The number of carbonyl (C=O) groups is 1. The molecule has 2 heterocycles. The normalized spacial score (nSPS) is 15.4. The number of ether oxygens (including phenoxy) is 1. The summed E-state index contributed by atoms with van der Waals surface area (Å²) in [4.78, 5) is 20.4. The molecule has 0 spiro atoms. The van der Waals surface area contributed by atoms with Crippen molar-refractivity contribution in [2.45, 2.75) is 0 Å². The maximum Gasteiger partial charge on any atom is 0.236 e. The van der Waals surface area contributed by atoms with Gasteiger partial charge in [0.15, 0.2) is 0 Å². The molecular weight excluding hydrogens is 256 g/mol. The second-order valence-corrected chi connectivity index (χ2v) is 4.73. The van der Waals surface area contributed by atoms with E-state index in [0.717, 1.165) is 32.0 Å². The molecule has 1 amide bonds. The van der Waals surface area contributed by atoms with Gasteiger partial charge in [-0.15, -0.1) is 0 Å². The fraction of sp³-hybridized carbons (Fsp3) is 0.571. The average Bonchev–Trinajstić information content (AvgIpc) is 2.52. The Hall–Kier alpha value is -1.66. The third kappa shape index (κ3) is 4.18. The standard InChI is InChI=1S/C14H22N4O2/c1-20-11-6-15-12-14(19)18-9-7-17(8-10-18)13-4-2-3-5-16-13/h2-5,15H,6-12H2,1H3. The molecule has 20 heavy (non-hydrogen) atoms. The number of aromatic nitrogens is 1. The minimum absolute atomic E-state index is 0.154. The Morgan fingerprint density at radius 1 is 1.35 bits per heavy atom. The Balaban J connectivity index is 1.72. The van der Waals surface area contributed by atoms with Gasteiger partial charge in [-0.2, -0.15) is 0 Å². The molecule has 1 aliphatic rings. The van der Waals surface area contributed by atoms with Gasteiger partial charge in [0.05, 0.1) is 13.2 Å². The minimum atomic E-state index is 0.154. The monoisotopic (exact) mass is 278 g/mol. The molecule has 0 aliphatic carbocycles. The first-order chi connectivity index (χ1) is 9.81. The Morgan fingerprint density at radius 3 is 2.80 bits per heavy atom. The predicted octanol–water partition coefficient (Wildman–Crippen LogP) is -0.0338. The van der Waals surface area contributed by atoms with Crippen LogP contribution < -0.4 is 10.2 Å². The fourth-order valence-electron chi connectivity index (χ4n) is 2.21. The summed E-state index contributed by atoms with van der Waals surface area (Å²) in [5, 5.41) is 3.08. The summed E-state index contributed by atoms with van der Waals surface area (Å²) in [6.07, 6.45) is 1.80. The molecule has 6 heteroatoms. The molecule has 1 fully saturated rings. The number of hydrogen-bond acceptors (Lipinski definition) is 5. The zero-order chi connectivity index (χ0) is 14.2. The van der Waals surface area contributed by atoms with Crippen molar-refractivity contribution in [3.8, 4) is 0 Å². The van der Waals surface area contributed by atoms with Gasteiger partial charge >= 0.3 is 0 Å². The third-order valence-electron chi connectivity index (χ3n) is 3.36. The Morgan fingerprint density at radius 2 is 2.15 bits per heavy atom. The van der Waals surface area contributed by atoms with Gasteiger partial charge < -0.3 is 19.9 Å². The number of carbonyl (C=O) groups excluding carboxylic acids is 1. The van der Waals surface area contributed by atoms with E-state index in [-0.39, 0.29) is 5.91 Å². The highest BCUT2D eigenvalue weighted by atomic mass is 16.5. The lowest BCUT2D eigenvalue weighted by Gasteiger charge is -2.35. The van der Waals surface area contributed by atoms with Crippen molar-refractivity contribution in [3.05, 3.63) is 24.4 Å². The van der Waals surface area contributed by atoms with Crippen molar-refractivity contribution in [1.82, 2.24) is 15.2 Å². The van der Waals surface area contributed by atoms with Gasteiger partial charge in [0.1, 0.15) is 5.82 Å². The van der Waals surface area contributed by atoms with Gasteiger partial charge in [0, 0.05) is 46.0 Å². The van der Waals surface area contributed by atoms with Crippen molar-refractivity contribution in [2.75, 3.05) is 57.9 Å². The molecule has 6 nitrogen and oxygen atoms in total. The Labute approximate surface area is 119 Å². The van der Waals surface area contributed by atoms with Crippen molar-refractivity contribution in [3.63, 3.8) is 0 Å². The van der Waals surface area contributed by atoms with E-state index in [2.05, 4.69) is 15.2 Å². The van der Waals surface area contributed by atoms with Gasteiger partial charge in [0.25, 0.3) is 0 Å². The van der Waals surface area contributed by atoms with Crippen molar-refractivity contribution < 1.29 is 9.53 Å². The maximum absolute atomic E-state index is 12.0. The molecule has 1 aromatic heterocycles. The van der Waals surface area contributed by atoms with Crippen LogP contribution in [0, 0.1) is 0 Å². The number of nitrogens with zero attached hydrogens (tertiary/aromatic N) is 3. The Bertz CT molecular complexity index is 405. The number of rotatable bonds is 6. The van der Waals surface area contributed by atoms with Gasteiger partial charge in [-0.3, -0.25) is 4.79 Å². The summed E-state index contributed by atoms with van der Waals surface area (Å²) < 4.78 is 4.93. The van der Waals surface area contributed by atoms with Crippen LogP contribution in [0.5, 0.6) is 0 Å². The van der Waals surface area contributed by atoms with Crippen LogP contribution in [0.1, 0.15) is 0 Å². The molecule has 0 aromatic carbocycles. The number of hydrogen-bond donors (Lipinski definition) is 1. The topological polar surface area (TPSA) is 57.7 Å². The quantitative estimate of drug-likeness (QED) is 0.740. The molecule has 0 atom stereocenters. The first-order valence-corrected chi connectivity index (χ1v) is 6.94. The summed E-state index contributed by atoms with van der Waals surface area (Å²) >= 11 is 0. The molecule has 0 radical (unpaired) electrons. The van der Waals surface area contributed by atoms with Crippen LogP contribution in [0.25, 0.3) is 0 Å². The van der Waals surface area contributed by atoms with Crippen molar-refractivity contribution in [1.29, 1.82) is 0 Å². The van der Waals surface area contributed by atoms with E-state index in [4.69, 9.17) is 4.74 Å². The van der Waals surface area contributed by atoms with E-state index in [9.17, 15) is 4.79 Å². The van der Waals surface area contributed by atoms with E-state index in [1.807, 2.05) is 23.1 Å². The van der Waals surface area contributed by atoms with Gasteiger partial charge in [-0.1, -0.05) is 6.07 Å². The highest BCUT2D eigenvalue weighted by molar-refractivity contribution is 5.78. The van der Waals surface area contributed by atoms with Crippen LogP contribution >= 0.6 is 0 Å². The lowest BCUT2D eigenvalue weighted by Crippen LogP contribution is -2.51. The summed E-state index contributed by atoms with van der Waals surface area (Å²) in [7, 11) is 1.65. The second kappa shape index (κ2) is 7.81. The molecule has 110 valence electrons. The summed E-state index contributed by atoms with van der Waals surface area (Å²) in [6, 6.07) is 5.90. The van der Waals surface area contributed by atoms with Crippen LogP contribution in [0.3, 0.4) is 0 Å². The largest absolute Gasteiger partial charge is 0.383 e. The number of nitrogens with one attached hydrogen (secondary N) is 1. The molecule has 0 bridgehead atoms. The zero-order valence-corrected chi connectivity index (χ0v) is 11.9. The second-order valence-electron chi connectivity index (χ2n) is 4.73. The molecule has 1 aliphatic heterocycles. The van der Waals surface area contributed by atoms with E-state index < -0.39 is 0 Å². The van der Waals surface area contributed by atoms with Crippen LogP contribution in [-0.2, 0) is 9.53 Å². The first-order valence-electron chi connectivity index (χ1n) is 6.94. The number of anilines is 1. The lowest BCUT2D eigenvalue weighted by molar-refractivity contribution is -0.130. The maximum atomic E-state index is 12.0. The number of piperazine rings is 1. The first kappa shape index (κ1) is 14.7. The molecule has 1 N–H and O–H groups in total. The van der Waals surface area contributed by atoms with E-state index in [0.29, 0.717) is 19.7 Å². The number of methoxy groups -OCH3 is 1. The van der Waals surface area contributed by atoms with Crippen LogP contribution in [0.15, 0.2) is 24.4 Å². The molecule has 0 saturated carbocycles. The van der Waals surface area contributed by atoms with E-state index in [1.54, 1.807) is 13.3 Å². The summed E-state index contributed by atoms with van der Waals surface area (Å²) in [6.45, 7) is 4.88. The summed E-state index contributed by atoms with van der Waals surface area (Å²) in [5.74, 6) is 1.14. The fourth-order valence-corrected chi connectivity index (χ4v) is 2.21. The van der Waals surface area contributed by atoms with Crippen LogP contribution in [0.4, 0.5) is 5.82 Å².